The molecule has 14 heavy (non-hydrogen) atoms. The van der Waals surface area contributed by atoms with Gasteiger partial charge in [0.1, 0.15) is 6.23 Å². The highest BCUT2D eigenvalue weighted by molar-refractivity contribution is 5.85. The second-order valence-electron chi connectivity index (χ2n) is 4.22. The van der Waals surface area contributed by atoms with Crippen LogP contribution in [0.2, 0.25) is 0 Å². The predicted octanol–water partition coefficient (Wildman–Crippen LogP) is 1.42. The van der Waals surface area contributed by atoms with E-state index in [1.807, 2.05) is 0 Å². The molecule has 0 saturated carbocycles. The molecule has 0 aromatic rings. The van der Waals surface area contributed by atoms with Crippen LogP contribution in [0.3, 0.4) is 0 Å². The Bertz CT molecular complexity index is 154. The normalized spacial score (nSPS) is 34.9. The van der Waals surface area contributed by atoms with E-state index in [2.05, 4.69) is 12.2 Å². The van der Waals surface area contributed by atoms with Crippen molar-refractivity contribution in [1.82, 2.24) is 5.32 Å². The number of hydrogen-bond acceptors (Lipinski definition) is 3. The summed E-state index contributed by atoms with van der Waals surface area (Å²) >= 11 is 0. The second kappa shape index (κ2) is 5.91. The lowest BCUT2D eigenvalue weighted by Gasteiger charge is -2.35. The van der Waals surface area contributed by atoms with Crippen LogP contribution in [-0.4, -0.2) is 32.6 Å². The van der Waals surface area contributed by atoms with Crippen molar-refractivity contribution in [3.8, 4) is 0 Å². The van der Waals surface area contributed by atoms with Gasteiger partial charge in [0.25, 0.3) is 0 Å². The van der Waals surface area contributed by atoms with Crippen molar-refractivity contribution in [2.24, 2.45) is 11.8 Å². The summed E-state index contributed by atoms with van der Waals surface area (Å²) in [7, 11) is 0. The molecule has 2 rings (SSSR count). The molecule has 1 N–H and O–H groups in total. The fourth-order valence-electron chi connectivity index (χ4n) is 2.02. The first-order chi connectivity index (χ1) is 6.36. The van der Waals surface area contributed by atoms with E-state index in [1.165, 1.54) is 0 Å². The topological polar surface area (TPSA) is 30.5 Å². The van der Waals surface area contributed by atoms with Crippen molar-refractivity contribution in [3.63, 3.8) is 0 Å². The largest absolute Gasteiger partial charge is 0.381 e. The van der Waals surface area contributed by atoms with Crippen molar-refractivity contribution in [1.29, 1.82) is 0 Å². The summed E-state index contributed by atoms with van der Waals surface area (Å²) in [5, 5.41) is 3.46. The van der Waals surface area contributed by atoms with Gasteiger partial charge in [0.15, 0.2) is 0 Å². The quantitative estimate of drug-likeness (QED) is 0.727. The van der Waals surface area contributed by atoms with Gasteiger partial charge in [0.05, 0.1) is 6.61 Å². The van der Waals surface area contributed by atoms with Crippen LogP contribution in [0.5, 0.6) is 0 Å². The fourth-order valence-corrected chi connectivity index (χ4v) is 2.02. The molecule has 2 aliphatic heterocycles. The smallest absolute Gasteiger partial charge is 0.111 e. The van der Waals surface area contributed by atoms with Gasteiger partial charge in [0, 0.05) is 25.7 Å². The lowest BCUT2D eigenvalue weighted by molar-refractivity contribution is -0.0823. The molecule has 0 aliphatic carbocycles. The maximum atomic E-state index is 5.76. The summed E-state index contributed by atoms with van der Waals surface area (Å²) in [5.41, 5.74) is 0. The Morgan fingerprint density at radius 1 is 1.21 bits per heavy atom. The van der Waals surface area contributed by atoms with Gasteiger partial charge in [-0.3, -0.25) is 5.32 Å². The Morgan fingerprint density at radius 3 is 2.50 bits per heavy atom. The summed E-state index contributed by atoms with van der Waals surface area (Å²) in [6.07, 6.45) is 2.58. The zero-order chi connectivity index (χ0) is 9.10. The monoisotopic (exact) mass is 221 g/mol. The number of ether oxygens (including phenoxy) is 2. The average Bonchev–Trinajstić information content (AvgIpc) is 2.20. The number of nitrogens with one attached hydrogen (secondary N) is 1. The molecule has 0 aromatic carbocycles. The Balaban J connectivity index is 0.000000980. The minimum atomic E-state index is 0. The molecule has 0 bridgehead atoms. The lowest BCUT2D eigenvalue weighted by atomic mass is 9.97. The summed E-state index contributed by atoms with van der Waals surface area (Å²) < 4.78 is 11.1. The van der Waals surface area contributed by atoms with Crippen LogP contribution >= 0.6 is 12.4 Å². The van der Waals surface area contributed by atoms with E-state index < -0.39 is 0 Å². The van der Waals surface area contributed by atoms with E-state index in [9.17, 15) is 0 Å². The first-order valence-electron chi connectivity index (χ1n) is 5.29. The third-order valence-electron chi connectivity index (χ3n) is 2.92. The summed E-state index contributed by atoms with van der Waals surface area (Å²) in [5.74, 6) is 1.33. The van der Waals surface area contributed by atoms with Crippen molar-refractivity contribution < 1.29 is 9.47 Å². The minimum Gasteiger partial charge on any atom is -0.381 e. The maximum Gasteiger partial charge on any atom is 0.111 e. The van der Waals surface area contributed by atoms with Crippen LogP contribution in [0, 0.1) is 11.8 Å². The average molecular weight is 222 g/mol. The molecule has 2 saturated heterocycles. The minimum absolute atomic E-state index is 0. The highest BCUT2D eigenvalue weighted by Crippen LogP contribution is 2.21. The van der Waals surface area contributed by atoms with Crippen LogP contribution < -0.4 is 5.32 Å². The van der Waals surface area contributed by atoms with Gasteiger partial charge >= 0.3 is 0 Å². The van der Waals surface area contributed by atoms with E-state index >= 15 is 0 Å². The van der Waals surface area contributed by atoms with Crippen molar-refractivity contribution in [2.45, 2.75) is 26.0 Å². The fraction of sp³-hybridized carbons (Fsp3) is 1.00. The van der Waals surface area contributed by atoms with E-state index in [-0.39, 0.29) is 12.4 Å². The van der Waals surface area contributed by atoms with Gasteiger partial charge in [0.2, 0.25) is 0 Å². The van der Waals surface area contributed by atoms with Gasteiger partial charge in [-0.1, -0.05) is 6.92 Å². The Labute approximate surface area is 91.9 Å². The molecule has 4 heteroatoms. The molecular formula is C10H20ClNO2. The zero-order valence-electron chi connectivity index (χ0n) is 8.70. The highest BCUT2D eigenvalue weighted by Gasteiger charge is 2.27. The van der Waals surface area contributed by atoms with Crippen LogP contribution in [-0.2, 0) is 9.47 Å². The maximum absolute atomic E-state index is 5.76. The molecule has 0 aromatic heterocycles. The van der Waals surface area contributed by atoms with E-state index in [0.29, 0.717) is 18.1 Å². The number of hydrogen-bond donors (Lipinski definition) is 1. The molecular weight excluding hydrogens is 202 g/mol. The summed E-state index contributed by atoms with van der Waals surface area (Å²) in [6.45, 7) is 6.04. The molecule has 2 atom stereocenters. The Hall–Kier alpha value is 0.170. The van der Waals surface area contributed by atoms with E-state index in [4.69, 9.17) is 9.47 Å². The predicted molar refractivity (Wildman–Crippen MR) is 57.7 cm³/mol. The lowest BCUT2D eigenvalue weighted by Crippen LogP contribution is -2.48. The third-order valence-corrected chi connectivity index (χ3v) is 2.92. The highest BCUT2D eigenvalue weighted by atomic mass is 35.5. The SMILES string of the molecule is CC1CNC(C2CCOCC2)OC1.Cl. The molecule has 3 nitrogen and oxygen atoms in total. The summed E-state index contributed by atoms with van der Waals surface area (Å²) in [4.78, 5) is 0. The number of halogens is 1. The first-order valence-corrected chi connectivity index (χ1v) is 5.29. The van der Waals surface area contributed by atoms with Gasteiger partial charge < -0.3 is 9.47 Å². The number of rotatable bonds is 1. The summed E-state index contributed by atoms with van der Waals surface area (Å²) in [6, 6.07) is 0. The van der Waals surface area contributed by atoms with Gasteiger partial charge in [-0.15, -0.1) is 12.4 Å². The Morgan fingerprint density at radius 2 is 1.93 bits per heavy atom. The van der Waals surface area contributed by atoms with Crippen molar-refractivity contribution >= 4 is 12.4 Å². The van der Waals surface area contributed by atoms with Gasteiger partial charge in [-0.05, 0) is 18.8 Å². The molecule has 0 spiro atoms. The molecule has 2 unspecified atom stereocenters. The molecule has 2 heterocycles. The van der Waals surface area contributed by atoms with Crippen LogP contribution in [0.25, 0.3) is 0 Å². The van der Waals surface area contributed by atoms with Gasteiger partial charge in [-0.25, -0.2) is 0 Å². The van der Waals surface area contributed by atoms with E-state index in [1.54, 1.807) is 0 Å². The van der Waals surface area contributed by atoms with Crippen LogP contribution in [0.15, 0.2) is 0 Å². The van der Waals surface area contributed by atoms with Crippen molar-refractivity contribution in [3.05, 3.63) is 0 Å². The van der Waals surface area contributed by atoms with Crippen LogP contribution in [0.4, 0.5) is 0 Å². The first kappa shape index (κ1) is 12.2. The molecule has 0 amide bonds. The molecule has 0 radical (unpaired) electrons. The molecule has 84 valence electrons. The van der Waals surface area contributed by atoms with E-state index in [0.717, 1.165) is 39.2 Å². The van der Waals surface area contributed by atoms with Crippen LogP contribution in [0.1, 0.15) is 19.8 Å². The second-order valence-corrected chi connectivity index (χ2v) is 4.22. The standard InChI is InChI=1S/C10H19NO2.ClH/c1-8-6-11-10(13-7-8)9-2-4-12-5-3-9;/h8-11H,2-7H2,1H3;1H. The van der Waals surface area contributed by atoms with Crippen molar-refractivity contribution in [2.75, 3.05) is 26.4 Å². The molecule has 2 aliphatic rings. The third kappa shape index (κ3) is 3.09. The Kier molecular flexibility index (Phi) is 5.17. The molecule has 2 fully saturated rings. The van der Waals surface area contributed by atoms with Gasteiger partial charge in [-0.2, -0.15) is 0 Å². The zero-order valence-corrected chi connectivity index (χ0v) is 9.52.